The highest BCUT2D eigenvalue weighted by molar-refractivity contribution is 9.10. The molecule has 1 aromatic carbocycles. The quantitative estimate of drug-likeness (QED) is 0.735. The van der Waals surface area contributed by atoms with Gasteiger partial charge in [-0.25, -0.2) is 9.78 Å². The summed E-state index contributed by atoms with van der Waals surface area (Å²) in [6.07, 6.45) is 3.31. The fraction of sp³-hybridized carbons (Fsp3) is 0.214. The molecule has 21 heavy (non-hydrogen) atoms. The molecule has 0 saturated carbocycles. The minimum Gasteiger partial charge on any atom is -0.480 e. The minimum atomic E-state index is -1.08. The zero-order valence-corrected chi connectivity index (χ0v) is 12.6. The van der Waals surface area contributed by atoms with Crippen LogP contribution in [0.4, 0.5) is 0 Å². The second-order valence-corrected chi connectivity index (χ2v) is 5.46. The van der Waals surface area contributed by atoms with E-state index in [4.69, 9.17) is 0 Å². The number of imidazole rings is 1. The first-order valence-corrected chi connectivity index (χ1v) is 7.08. The number of nitrogens with one attached hydrogen (secondary N) is 2. The van der Waals surface area contributed by atoms with Gasteiger partial charge in [-0.1, -0.05) is 28.1 Å². The number of benzene rings is 1. The van der Waals surface area contributed by atoms with Gasteiger partial charge in [0, 0.05) is 22.8 Å². The normalized spacial score (nSPS) is 11.9. The van der Waals surface area contributed by atoms with Crippen molar-refractivity contribution < 1.29 is 14.7 Å². The Bertz CT molecular complexity index is 628. The van der Waals surface area contributed by atoms with Crippen LogP contribution in [0.3, 0.4) is 0 Å². The molecule has 3 N–H and O–H groups in total. The summed E-state index contributed by atoms with van der Waals surface area (Å²) < 4.78 is 0.875. The molecule has 6 nitrogen and oxygen atoms in total. The summed E-state index contributed by atoms with van der Waals surface area (Å²) in [7, 11) is 0. The largest absolute Gasteiger partial charge is 0.480 e. The molecular formula is C14H14BrN3O3. The third kappa shape index (κ3) is 4.71. The summed E-state index contributed by atoms with van der Waals surface area (Å²) in [5.74, 6) is -1.41. The molecule has 0 aliphatic heterocycles. The van der Waals surface area contributed by atoms with Crippen molar-refractivity contribution >= 4 is 27.8 Å². The Balaban J connectivity index is 1.96. The van der Waals surface area contributed by atoms with Gasteiger partial charge in [0.2, 0.25) is 5.91 Å². The maximum absolute atomic E-state index is 12.0. The van der Waals surface area contributed by atoms with E-state index in [-0.39, 0.29) is 18.7 Å². The molecular weight excluding hydrogens is 338 g/mol. The van der Waals surface area contributed by atoms with E-state index in [0.29, 0.717) is 5.69 Å². The first-order chi connectivity index (χ1) is 10.0. The smallest absolute Gasteiger partial charge is 0.326 e. The topological polar surface area (TPSA) is 95.1 Å². The molecule has 0 saturated heterocycles. The second kappa shape index (κ2) is 7.03. The van der Waals surface area contributed by atoms with Gasteiger partial charge in [0.05, 0.1) is 12.7 Å². The van der Waals surface area contributed by atoms with Crippen LogP contribution < -0.4 is 5.32 Å². The number of carboxylic acid groups (broad SMARTS) is 1. The van der Waals surface area contributed by atoms with Crippen molar-refractivity contribution in [1.82, 2.24) is 15.3 Å². The zero-order chi connectivity index (χ0) is 15.2. The number of hydrogen-bond acceptors (Lipinski definition) is 3. The number of aromatic amines is 1. The van der Waals surface area contributed by atoms with E-state index >= 15 is 0 Å². The first-order valence-electron chi connectivity index (χ1n) is 6.28. The summed E-state index contributed by atoms with van der Waals surface area (Å²) >= 11 is 3.33. The number of hydrogen-bond donors (Lipinski definition) is 3. The molecule has 2 rings (SSSR count). The van der Waals surface area contributed by atoms with Crippen LogP contribution in [0.25, 0.3) is 0 Å². The van der Waals surface area contributed by atoms with Crippen LogP contribution in [0.2, 0.25) is 0 Å². The van der Waals surface area contributed by atoms with Crippen LogP contribution >= 0.6 is 15.9 Å². The Morgan fingerprint density at radius 1 is 1.43 bits per heavy atom. The van der Waals surface area contributed by atoms with Crippen LogP contribution in [0.15, 0.2) is 41.3 Å². The third-order valence-corrected chi connectivity index (χ3v) is 3.36. The fourth-order valence-corrected chi connectivity index (χ4v) is 2.34. The number of H-pyrrole nitrogens is 1. The molecule has 1 aromatic heterocycles. The Labute approximate surface area is 129 Å². The number of carbonyl (C=O) groups excluding carboxylic acids is 1. The molecule has 0 aliphatic carbocycles. The highest BCUT2D eigenvalue weighted by Crippen LogP contribution is 2.12. The molecule has 1 amide bonds. The molecule has 110 valence electrons. The van der Waals surface area contributed by atoms with Gasteiger partial charge in [-0.3, -0.25) is 4.79 Å². The maximum Gasteiger partial charge on any atom is 0.326 e. The lowest BCUT2D eigenvalue weighted by molar-refractivity contribution is -0.141. The van der Waals surface area contributed by atoms with Crippen LogP contribution in [-0.4, -0.2) is 33.0 Å². The van der Waals surface area contributed by atoms with Gasteiger partial charge in [0.25, 0.3) is 0 Å². The van der Waals surface area contributed by atoms with Gasteiger partial charge < -0.3 is 15.4 Å². The number of amides is 1. The summed E-state index contributed by atoms with van der Waals surface area (Å²) in [4.78, 5) is 29.8. The summed E-state index contributed by atoms with van der Waals surface area (Å²) in [6.45, 7) is 0. The average Bonchev–Trinajstić information content (AvgIpc) is 2.90. The molecule has 0 radical (unpaired) electrons. The van der Waals surface area contributed by atoms with Gasteiger partial charge >= 0.3 is 5.97 Å². The molecule has 7 heteroatoms. The van der Waals surface area contributed by atoms with E-state index in [0.717, 1.165) is 10.0 Å². The molecule has 0 bridgehead atoms. The molecule has 0 fully saturated rings. The Hall–Kier alpha value is -2.15. The van der Waals surface area contributed by atoms with Crippen molar-refractivity contribution in [3.05, 3.63) is 52.5 Å². The highest BCUT2D eigenvalue weighted by atomic mass is 79.9. The van der Waals surface area contributed by atoms with Gasteiger partial charge in [0.1, 0.15) is 6.04 Å². The van der Waals surface area contributed by atoms with E-state index in [9.17, 15) is 14.7 Å². The van der Waals surface area contributed by atoms with Crippen LogP contribution in [0.5, 0.6) is 0 Å². The predicted molar refractivity (Wildman–Crippen MR) is 79.7 cm³/mol. The summed E-state index contributed by atoms with van der Waals surface area (Å²) in [5.41, 5.74) is 1.47. The second-order valence-electron chi connectivity index (χ2n) is 4.55. The number of aromatic nitrogens is 2. The van der Waals surface area contributed by atoms with E-state index in [1.54, 1.807) is 0 Å². The number of halogens is 1. The number of carboxylic acids is 1. The van der Waals surface area contributed by atoms with E-state index in [1.807, 2.05) is 24.3 Å². The lowest BCUT2D eigenvalue weighted by Crippen LogP contribution is -2.43. The van der Waals surface area contributed by atoms with Crippen molar-refractivity contribution in [2.75, 3.05) is 0 Å². The predicted octanol–water partition coefficient (Wildman–Crippen LogP) is 1.53. The molecule has 2 aromatic rings. The van der Waals surface area contributed by atoms with Crippen LogP contribution in [0, 0.1) is 0 Å². The van der Waals surface area contributed by atoms with Crippen molar-refractivity contribution in [1.29, 1.82) is 0 Å². The minimum absolute atomic E-state index is 0.131. The fourth-order valence-electron chi connectivity index (χ4n) is 1.89. The number of carbonyl (C=O) groups is 2. The summed E-state index contributed by atoms with van der Waals surface area (Å²) in [6, 6.07) is 6.34. The maximum atomic E-state index is 12.0. The Kier molecular flexibility index (Phi) is 5.10. The SMILES string of the molecule is O=C(Cc1cccc(Br)c1)NC(Cc1cnc[nH]1)C(=O)O. The van der Waals surface area contributed by atoms with Gasteiger partial charge in [-0.2, -0.15) is 0 Å². The standard InChI is InChI=1S/C14H14BrN3O3/c15-10-3-1-2-9(4-10)5-13(19)18-12(14(20)21)6-11-7-16-8-17-11/h1-4,7-8,12H,5-6H2,(H,16,17)(H,18,19)(H,20,21). The average molecular weight is 352 g/mol. The first kappa shape index (κ1) is 15.2. The van der Waals surface area contributed by atoms with E-state index in [2.05, 4.69) is 31.2 Å². The number of nitrogens with zero attached hydrogens (tertiary/aromatic N) is 1. The van der Waals surface area contributed by atoms with Crippen LogP contribution in [0.1, 0.15) is 11.3 Å². The monoisotopic (exact) mass is 351 g/mol. The van der Waals surface area contributed by atoms with E-state index < -0.39 is 12.0 Å². The van der Waals surface area contributed by atoms with E-state index in [1.165, 1.54) is 12.5 Å². The van der Waals surface area contributed by atoms with Crippen LogP contribution in [-0.2, 0) is 22.4 Å². The van der Waals surface area contributed by atoms with Crippen molar-refractivity contribution in [2.24, 2.45) is 0 Å². The number of rotatable bonds is 6. The zero-order valence-electron chi connectivity index (χ0n) is 11.0. The molecule has 1 atom stereocenters. The molecule has 1 heterocycles. The lowest BCUT2D eigenvalue weighted by atomic mass is 10.1. The highest BCUT2D eigenvalue weighted by Gasteiger charge is 2.21. The van der Waals surface area contributed by atoms with Crippen molar-refractivity contribution in [2.45, 2.75) is 18.9 Å². The van der Waals surface area contributed by atoms with Crippen molar-refractivity contribution in [3.63, 3.8) is 0 Å². The third-order valence-electron chi connectivity index (χ3n) is 2.87. The van der Waals surface area contributed by atoms with Crippen molar-refractivity contribution in [3.8, 4) is 0 Å². The molecule has 0 aliphatic rings. The summed E-state index contributed by atoms with van der Waals surface area (Å²) in [5, 5.41) is 11.7. The Morgan fingerprint density at radius 2 is 2.24 bits per heavy atom. The van der Waals surface area contributed by atoms with Gasteiger partial charge in [0.15, 0.2) is 0 Å². The molecule has 1 unspecified atom stereocenters. The number of aliphatic carboxylic acids is 1. The van der Waals surface area contributed by atoms with Gasteiger partial charge in [-0.05, 0) is 17.7 Å². The lowest BCUT2D eigenvalue weighted by Gasteiger charge is -2.13. The molecule has 0 spiro atoms. The Morgan fingerprint density at radius 3 is 2.86 bits per heavy atom. The van der Waals surface area contributed by atoms with Gasteiger partial charge in [-0.15, -0.1) is 0 Å².